The van der Waals surface area contributed by atoms with Gasteiger partial charge >= 0.3 is 0 Å². The summed E-state index contributed by atoms with van der Waals surface area (Å²) < 4.78 is 13.7. The molecular weight excluding hydrogens is 494 g/mol. The maximum Gasteiger partial charge on any atom is 0.290 e. The number of imidazole rings is 1. The van der Waals surface area contributed by atoms with Gasteiger partial charge in [0.2, 0.25) is 0 Å². The average Bonchev–Trinajstić information content (AvgIpc) is 3.56. The van der Waals surface area contributed by atoms with Crippen molar-refractivity contribution in [3.63, 3.8) is 0 Å². The number of hydrogen-bond acceptors (Lipinski definition) is 6. The van der Waals surface area contributed by atoms with Crippen molar-refractivity contribution in [2.75, 3.05) is 19.8 Å². The third-order valence-electron chi connectivity index (χ3n) is 6.51. The van der Waals surface area contributed by atoms with Gasteiger partial charge in [-0.25, -0.2) is 4.98 Å². The minimum Gasteiger partial charge on any atom is -0.503 e. The lowest BCUT2D eigenvalue weighted by Crippen LogP contribution is -2.32. The van der Waals surface area contributed by atoms with Crippen molar-refractivity contribution in [1.29, 1.82) is 0 Å². The predicted molar refractivity (Wildman–Crippen MR) is 149 cm³/mol. The second-order valence-corrected chi connectivity index (χ2v) is 9.27. The summed E-state index contributed by atoms with van der Waals surface area (Å²) in [6.07, 6.45) is 10.9. The molecule has 1 aliphatic heterocycles. The molecule has 0 fully saturated rings. The van der Waals surface area contributed by atoms with Crippen LogP contribution in [-0.2, 0) is 16.1 Å². The predicted octanol–water partition coefficient (Wildman–Crippen LogP) is 5.53. The number of carbonyl (C=O) groups excluding carboxylic acids is 2. The molecule has 1 amide bonds. The van der Waals surface area contributed by atoms with Crippen molar-refractivity contribution in [3.8, 4) is 11.5 Å². The number of ketones is 1. The van der Waals surface area contributed by atoms with Gasteiger partial charge in [0.15, 0.2) is 23.0 Å². The minimum absolute atomic E-state index is 0.0527. The molecule has 39 heavy (non-hydrogen) atoms. The van der Waals surface area contributed by atoms with Gasteiger partial charge in [0, 0.05) is 25.5 Å². The number of benzene rings is 2. The zero-order valence-corrected chi connectivity index (χ0v) is 22.5. The first kappa shape index (κ1) is 27.7. The number of ether oxygens (including phenoxy) is 2. The maximum absolute atomic E-state index is 13.5. The fourth-order valence-corrected chi connectivity index (χ4v) is 4.56. The Kier molecular flexibility index (Phi) is 9.56. The maximum atomic E-state index is 13.5. The van der Waals surface area contributed by atoms with E-state index in [4.69, 9.17) is 9.47 Å². The lowest BCUT2D eigenvalue weighted by molar-refractivity contribution is -0.129. The third kappa shape index (κ3) is 6.76. The first-order valence-corrected chi connectivity index (χ1v) is 13.4. The normalized spacial score (nSPS) is 15.4. The summed E-state index contributed by atoms with van der Waals surface area (Å²) in [5, 5.41) is 10.9. The molecule has 4 rings (SSSR count). The molecule has 1 unspecified atom stereocenters. The van der Waals surface area contributed by atoms with Gasteiger partial charge in [-0.2, -0.15) is 0 Å². The highest BCUT2D eigenvalue weighted by Gasteiger charge is 2.42. The summed E-state index contributed by atoms with van der Waals surface area (Å²) in [5.74, 6) is -0.368. The van der Waals surface area contributed by atoms with Crippen LogP contribution in [0.25, 0.3) is 6.08 Å². The number of amides is 1. The first-order chi connectivity index (χ1) is 19.0. The van der Waals surface area contributed by atoms with Crippen molar-refractivity contribution in [2.24, 2.45) is 0 Å². The molecule has 0 bridgehead atoms. The van der Waals surface area contributed by atoms with E-state index in [9.17, 15) is 14.7 Å². The number of aryl methyl sites for hydroxylation is 1. The standard InChI is InChI=1S/C31H35N3O5/c1-3-5-20-39-26-15-13-24(21-27(26)38-4-2)29-28(25(35)14-12-23-10-7-6-8-11-23)30(36)31(37)34(29)18-9-17-33-19-16-32-22-33/h6-8,10-16,19,21-22,29,36H,3-5,9,17-18,20H2,1-2H3/b14-12+. The van der Waals surface area contributed by atoms with Crippen molar-refractivity contribution < 1.29 is 24.2 Å². The fourth-order valence-electron chi connectivity index (χ4n) is 4.56. The molecular formula is C31H35N3O5. The number of nitrogens with zero attached hydrogens (tertiary/aromatic N) is 3. The average molecular weight is 530 g/mol. The van der Waals surface area contributed by atoms with E-state index in [1.165, 1.54) is 6.08 Å². The molecule has 0 saturated heterocycles. The number of aliphatic hydroxyl groups excluding tert-OH is 1. The number of rotatable bonds is 14. The van der Waals surface area contributed by atoms with Gasteiger partial charge < -0.3 is 24.0 Å². The highest BCUT2D eigenvalue weighted by atomic mass is 16.5. The van der Waals surface area contributed by atoms with E-state index >= 15 is 0 Å². The first-order valence-electron chi connectivity index (χ1n) is 13.4. The Balaban J connectivity index is 1.67. The smallest absolute Gasteiger partial charge is 0.290 e. The lowest BCUT2D eigenvalue weighted by atomic mass is 9.95. The van der Waals surface area contributed by atoms with Gasteiger partial charge in [-0.05, 0) is 49.1 Å². The second kappa shape index (κ2) is 13.5. The number of unbranched alkanes of at least 4 members (excludes halogenated alkanes) is 1. The fraction of sp³-hybridized carbons (Fsp3) is 0.323. The summed E-state index contributed by atoms with van der Waals surface area (Å²) in [6.45, 7) is 5.95. The van der Waals surface area contributed by atoms with Crippen LogP contribution in [0.15, 0.2) is 84.7 Å². The number of aliphatic hydroxyl groups is 1. The number of carbonyl (C=O) groups is 2. The van der Waals surface area contributed by atoms with Crippen molar-refractivity contribution in [2.45, 2.75) is 45.7 Å². The molecule has 2 heterocycles. The van der Waals surface area contributed by atoms with E-state index in [2.05, 4.69) is 11.9 Å². The molecule has 1 N–H and O–H groups in total. The van der Waals surface area contributed by atoms with Gasteiger partial charge in [0.1, 0.15) is 0 Å². The van der Waals surface area contributed by atoms with Crippen molar-refractivity contribution in [3.05, 3.63) is 95.8 Å². The van der Waals surface area contributed by atoms with Gasteiger partial charge in [-0.15, -0.1) is 0 Å². The SMILES string of the molecule is CCCCOc1ccc(C2C(C(=O)/C=C/c3ccccc3)=C(O)C(=O)N2CCCn2ccnc2)cc1OCC. The molecule has 0 spiro atoms. The highest BCUT2D eigenvalue weighted by Crippen LogP contribution is 2.41. The summed E-state index contributed by atoms with van der Waals surface area (Å²) in [5.41, 5.74) is 1.56. The molecule has 1 aromatic heterocycles. The molecule has 1 atom stereocenters. The Bertz CT molecular complexity index is 1320. The van der Waals surface area contributed by atoms with E-state index in [1.807, 2.05) is 54.1 Å². The molecule has 8 nitrogen and oxygen atoms in total. The highest BCUT2D eigenvalue weighted by molar-refractivity contribution is 6.14. The molecule has 8 heteroatoms. The Morgan fingerprint density at radius 1 is 1.05 bits per heavy atom. The molecule has 204 valence electrons. The lowest BCUT2D eigenvalue weighted by Gasteiger charge is -2.27. The number of aromatic nitrogens is 2. The van der Waals surface area contributed by atoms with Crippen LogP contribution in [0.2, 0.25) is 0 Å². The molecule has 2 aromatic carbocycles. The summed E-state index contributed by atoms with van der Waals surface area (Å²) >= 11 is 0. The molecule has 0 saturated carbocycles. The van der Waals surface area contributed by atoms with Crippen LogP contribution in [0.1, 0.15) is 50.3 Å². The van der Waals surface area contributed by atoms with Crippen LogP contribution in [0, 0.1) is 0 Å². The van der Waals surface area contributed by atoms with Gasteiger partial charge in [0.05, 0.1) is 31.2 Å². The van der Waals surface area contributed by atoms with Crippen molar-refractivity contribution >= 4 is 17.8 Å². The summed E-state index contributed by atoms with van der Waals surface area (Å²) in [4.78, 5) is 32.4. The number of allylic oxidation sites excluding steroid dienone is 1. The van der Waals surface area contributed by atoms with Gasteiger partial charge in [0.25, 0.3) is 5.91 Å². The van der Waals surface area contributed by atoms with Crippen molar-refractivity contribution in [1.82, 2.24) is 14.5 Å². The van der Waals surface area contributed by atoms with E-state index in [0.717, 1.165) is 18.4 Å². The van der Waals surface area contributed by atoms with E-state index < -0.39 is 23.5 Å². The molecule has 0 radical (unpaired) electrons. The Morgan fingerprint density at radius 2 is 1.87 bits per heavy atom. The van der Waals surface area contributed by atoms with Crippen LogP contribution in [-0.4, -0.2) is 51.0 Å². The van der Waals surface area contributed by atoms with E-state index in [0.29, 0.717) is 49.8 Å². The van der Waals surface area contributed by atoms with Crippen LogP contribution in [0.3, 0.4) is 0 Å². The van der Waals surface area contributed by atoms with Gasteiger partial charge in [-0.3, -0.25) is 9.59 Å². The Morgan fingerprint density at radius 3 is 2.59 bits per heavy atom. The van der Waals surface area contributed by atoms with E-state index in [1.54, 1.807) is 35.6 Å². The van der Waals surface area contributed by atoms with E-state index in [-0.39, 0.29) is 5.57 Å². The number of hydrogen-bond donors (Lipinski definition) is 1. The topological polar surface area (TPSA) is 93.9 Å². The Labute approximate surface area is 229 Å². The summed E-state index contributed by atoms with van der Waals surface area (Å²) in [6, 6.07) is 14.1. The largest absolute Gasteiger partial charge is 0.503 e. The van der Waals surface area contributed by atoms with Gasteiger partial charge in [-0.1, -0.05) is 55.8 Å². The quantitative estimate of drug-likeness (QED) is 0.218. The van der Waals surface area contributed by atoms with Crippen LogP contribution in [0.4, 0.5) is 0 Å². The molecule has 0 aliphatic carbocycles. The monoisotopic (exact) mass is 529 g/mol. The zero-order chi connectivity index (χ0) is 27.6. The van der Waals surface area contributed by atoms with Crippen LogP contribution >= 0.6 is 0 Å². The zero-order valence-electron chi connectivity index (χ0n) is 22.5. The third-order valence-corrected chi connectivity index (χ3v) is 6.51. The molecule has 3 aromatic rings. The second-order valence-electron chi connectivity index (χ2n) is 9.27. The minimum atomic E-state index is -0.767. The van der Waals surface area contributed by atoms with Crippen LogP contribution < -0.4 is 9.47 Å². The van der Waals surface area contributed by atoms with Crippen LogP contribution in [0.5, 0.6) is 11.5 Å². The molecule has 1 aliphatic rings. The summed E-state index contributed by atoms with van der Waals surface area (Å²) in [7, 11) is 0. The Hall–Kier alpha value is -4.33.